The molecular formula is C15H27NO5. The molecule has 0 unspecified atom stereocenters. The van der Waals surface area contributed by atoms with Crippen LogP contribution in [-0.4, -0.2) is 59.3 Å². The molecule has 3 rings (SSSR count). The van der Waals surface area contributed by atoms with Crippen LogP contribution in [0.5, 0.6) is 0 Å². The predicted octanol–water partition coefficient (Wildman–Crippen LogP) is 0.508. The van der Waals surface area contributed by atoms with Gasteiger partial charge in [-0.1, -0.05) is 19.3 Å². The molecule has 0 aromatic carbocycles. The molecule has 0 radical (unpaired) electrons. The molecule has 2 saturated heterocycles. The largest absolute Gasteiger partial charge is 0.391 e. The Morgan fingerprint density at radius 2 is 1.86 bits per heavy atom. The van der Waals surface area contributed by atoms with Crippen LogP contribution in [0.1, 0.15) is 46.0 Å². The van der Waals surface area contributed by atoms with Gasteiger partial charge in [-0.05, 0) is 26.7 Å². The maximum atomic E-state index is 10.4. The summed E-state index contributed by atoms with van der Waals surface area (Å²) in [6.07, 6.45) is 4.33. The van der Waals surface area contributed by atoms with Crippen LogP contribution >= 0.6 is 0 Å². The van der Waals surface area contributed by atoms with E-state index in [1.54, 1.807) is 13.8 Å². The van der Waals surface area contributed by atoms with Gasteiger partial charge in [0.1, 0.15) is 24.9 Å². The van der Waals surface area contributed by atoms with Gasteiger partial charge in [0, 0.05) is 12.6 Å². The molecule has 0 spiro atoms. The molecule has 1 saturated carbocycles. The van der Waals surface area contributed by atoms with Crippen LogP contribution in [0.3, 0.4) is 0 Å². The number of ether oxygens (including phenoxy) is 3. The quantitative estimate of drug-likeness (QED) is 0.702. The van der Waals surface area contributed by atoms with Gasteiger partial charge < -0.3 is 29.7 Å². The number of fused-ring (bicyclic) bond motifs is 1. The number of aliphatic hydroxyl groups excluding tert-OH is 2. The Kier molecular flexibility index (Phi) is 4.29. The van der Waals surface area contributed by atoms with Gasteiger partial charge in [0.05, 0.1) is 0 Å². The third-order valence-corrected chi connectivity index (χ3v) is 4.74. The zero-order valence-corrected chi connectivity index (χ0v) is 12.9. The lowest BCUT2D eigenvalue weighted by atomic mass is 9.95. The van der Waals surface area contributed by atoms with Crippen LogP contribution in [-0.2, 0) is 14.2 Å². The molecule has 122 valence electrons. The second-order valence-electron chi connectivity index (χ2n) is 6.90. The molecule has 6 nitrogen and oxygen atoms in total. The minimum atomic E-state index is -1.23. The Hall–Kier alpha value is -0.240. The van der Waals surface area contributed by atoms with Gasteiger partial charge in [0.15, 0.2) is 5.79 Å². The van der Waals surface area contributed by atoms with Gasteiger partial charge in [-0.2, -0.15) is 0 Å². The maximum Gasteiger partial charge on any atom is 0.224 e. The minimum Gasteiger partial charge on any atom is -0.391 e. The van der Waals surface area contributed by atoms with E-state index in [1.807, 2.05) is 0 Å². The second kappa shape index (κ2) is 5.76. The summed E-state index contributed by atoms with van der Waals surface area (Å²) in [6.45, 7) is 3.75. The fourth-order valence-electron chi connectivity index (χ4n) is 3.75. The van der Waals surface area contributed by atoms with Crippen LogP contribution in [0.2, 0.25) is 0 Å². The van der Waals surface area contributed by atoms with E-state index in [0.29, 0.717) is 12.6 Å². The number of hydrogen-bond acceptors (Lipinski definition) is 6. The SMILES string of the molecule is CC1(C)O[C@H]2[C@H](O)[C@H](CNC3CCCCC3)O[C@@]2(CO)O1. The van der Waals surface area contributed by atoms with Crippen molar-refractivity contribution in [3.8, 4) is 0 Å². The van der Waals surface area contributed by atoms with E-state index < -0.39 is 29.9 Å². The summed E-state index contributed by atoms with van der Waals surface area (Å²) in [5.74, 6) is -2.09. The fourth-order valence-corrected chi connectivity index (χ4v) is 3.75. The third kappa shape index (κ3) is 2.98. The summed E-state index contributed by atoms with van der Waals surface area (Å²) in [5, 5.41) is 23.6. The zero-order valence-electron chi connectivity index (χ0n) is 12.9. The van der Waals surface area contributed by atoms with Crippen molar-refractivity contribution < 1.29 is 24.4 Å². The maximum absolute atomic E-state index is 10.4. The van der Waals surface area contributed by atoms with E-state index in [1.165, 1.54) is 32.1 Å². The van der Waals surface area contributed by atoms with Crippen LogP contribution in [0, 0.1) is 0 Å². The molecule has 21 heavy (non-hydrogen) atoms. The summed E-state index contributed by atoms with van der Waals surface area (Å²) >= 11 is 0. The van der Waals surface area contributed by atoms with E-state index in [0.717, 1.165) is 0 Å². The first-order valence-corrected chi connectivity index (χ1v) is 8.04. The molecule has 6 heteroatoms. The standard InChI is InChI=1S/C15H27NO5/c1-14(2)20-13-12(18)11(19-15(13,9-17)21-14)8-16-10-6-4-3-5-7-10/h10-13,16-18H,3-9H2,1-2H3/t11-,12+,13-,15-/m0/s1. The van der Waals surface area contributed by atoms with Gasteiger partial charge in [-0.15, -0.1) is 0 Å². The lowest BCUT2D eigenvalue weighted by molar-refractivity contribution is -0.273. The Labute approximate surface area is 125 Å². The van der Waals surface area contributed by atoms with Gasteiger partial charge >= 0.3 is 0 Å². The number of nitrogens with one attached hydrogen (secondary N) is 1. The molecule has 0 aromatic rings. The number of aliphatic hydroxyl groups is 2. The normalized spacial score (nSPS) is 43.1. The van der Waals surface area contributed by atoms with Crippen molar-refractivity contribution in [1.82, 2.24) is 5.32 Å². The van der Waals surface area contributed by atoms with Crippen molar-refractivity contribution in [2.24, 2.45) is 0 Å². The van der Waals surface area contributed by atoms with Crippen LogP contribution in [0.4, 0.5) is 0 Å². The summed E-state index contributed by atoms with van der Waals surface area (Å²) < 4.78 is 17.3. The highest BCUT2D eigenvalue weighted by molar-refractivity contribution is 5.03. The van der Waals surface area contributed by atoms with Crippen molar-refractivity contribution >= 4 is 0 Å². The van der Waals surface area contributed by atoms with Crippen LogP contribution in [0.15, 0.2) is 0 Å². The van der Waals surface area contributed by atoms with E-state index in [2.05, 4.69) is 5.32 Å². The average Bonchev–Trinajstić information content (AvgIpc) is 2.88. The topological polar surface area (TPSA) is 80.2 Å². The third-order valence-electron chi connectivity index (χ3n) is 4.74. The first kappa shape index (κ1) is 15.6. The highest BCUT2D eigenvalue weighted by Crippen LogP contribution is 2.45. The van der Waals surface area contributed by atoms with E-state index in [-0.39, 0.29) is 6.61 Å². The summed E-state index contributed by atoms with van der Waals surface area (Å²) in [5.41, 5.74) is 0. The molecule has 0 aromatic heterocycles. The molecule has 0 bridgehead atoms. The molecular weight excluding hydrogens is 274 g/mol. The molecule has 3 fully saturated rings. The lowest BCUT2D eigenvalue weighted by Crippen LogP contribution is -2.43. The fraction of sp³-hybridized carbons (Fsp3) is 1.00. The van der Waals surface area contributed by atoms with Crippen molar-refractivity contribution in [3.05, 3.63) is 0 Å². The van der Waals surface area contributed by atoms with Crippen molar-refractivity contribution in [2.75, 3.05) is 13.2 Å². The average molecular weight is 301 g/mol. The zero-order chi connectivity index (χ0) is 15.1. The first-order chi connectivity index (χ1) is 9.96. The van der Waals surface area contributed by atoms with Crippen LogP contribution < -0.4 is 5.32 Å². The van der Waals surface area contributed by atoms with Gasteiger partial charge in [-0.25, -0.2) is 0 Å². The highest BCUT2D eigenvalue weighted by Gasteiger charge is 2.64. The van der Waals surface area contributed by atoms with Gasteiger partial charge in [-0.3, -0.25) is 0 Å². The summed E-state index contributed by atoms with van der Waals surface area (Å²) in [6, 6.07) is 0.498. The highest BCUT2D eigenvalue weighted by atomic mass is 16.9. The summed E-state index contributed by atoms with van der Waals surface area (Å²) in [4.78, 5) is 0. The predicted molar refractivity (Wildman–Crippen MR) is 75.6 cm³/mol. The molecule has 0 amide bonds. The Morgan fingerprint density at radius 3 is 2.48 bits per heavy atom. The van der Waals surface area contributed by atoms with Crippen molar-refractivity contribution in [2.45, 2.75) is 81.9 Å². The van der Waals surface area contributed by atoms with Crippen molar-refractivity contribution in [1.29, 1.82) is 0 Å². The first-order valence-electron chi connectivity index (χ1n) is 8.04. The van der Waals surface area contributed by atoms with Gasteiger partial charge in [0.2, 0.25) is 5.79 Å². The monoisotopic (exact) mass is 301 g/mol. The Bertz CT molecular complexity index is 371. The Morgan fingerprint density at radius 1 is 1.14 bits per heavy atom. The lowest BCUT2D eigenvalue weighted by Gasteiger charge is -2.29. The Balaban J connectivity index is 1.59. The van der Waals surface area contributed by atoms with Crippen molar-refractivity contribution in [3.63, 3.8) is 0 Å². The molecule has 3 aliphatic rings. The minimum absolute atomic E-state index is 0.321. The smallest absolute Gasteiger partial charge is 0.224 e. The number of rotatable bonds is 4. The van der Waals surface area contributed by atoms with E-state index in [9.17, 15) is 10.2 Å². The number of hydrogen-bond donors (Lipinski definition) is 3. The summed E-state index contributed by atoms with van der Waals surface area (Å²) in [7, 11) is 0. The molecule has 2 heterocycles. The second-order valence-corrected chi connectivity index (χ2v) is 6.90. The molecule has 1 aliphatic carbocycles. The van der Waals surface area contributed by atoms with E-state index in [4.69, 9.17) is 14.2 Å². The van der Waals surface area contributed by atoms with E-state index >= 15 is 0 Å². The van der Waals surface area contributed by atoms with Crippen LogP contribution in [0.25, 0.3) is 0 Å². The molecule has 3 N–H and O–H groups in total. The van der Waals surface area contributed by atoms with Gasteiger partial charge in [0.25, 0.3) is 0 Å². The molecule has 2 aliphatic heterocycles. The molecule has 4 atom stereocenters.